The van der Waals surface area contributed by atoms with Crippen molar-refractivity contribution in [1.29, 1.82) is 0 Å². The maximum atomic E-state index is 12.3. The third kappa shape index (κ3) is 3.70. The number of carbonyl (C=O) groups is 1. The summed E-state index contributed by atoms with van der Waals surface area (Å²) in [5.41, 5.74) is 2.05. The van der Waals surface area contributed by atoms with Crippen LogP contribution in [0.4, 0.5) is 17.2 Å². The number of carbonyl (C=O) groups excluding carboxylic acids is 1. The van der Waals surface area contributed by atoms with Crippen LogP contribution in [-0.4, -0.2) is 18.0 Å². The minimum atomic E-state index is -0.238. The Bertz CT molecular complexity index is 818. The fourth-order valence-corrected chi connectivity index (χ4v) is 2.24. The maximum absolute atomic E-state index is 12.3. The van der Waals surface area contributed by atoms with Crippen LogP contribution in [0.2, 0.25) is 0 Å². The SMILES string of the molecule is COc1ccccc1C(=O)Nc1ccc(Nc2ccccc2)nc1. The second-order valence-electron chi connectivity index (χ2n) is 5.08. The normalized spacial score (nSPS) is 10.0. The van der Waals surface area contributed by atoms with E-state index >= 15 is 0 Å². The molecule has 0 aliphatic rings. The van der Waals surface area contributed by atoms with E-state index in [0.717, 1.165) is 5.69 Å². The van der Waals surface area contributed by atoms with E-state index in [0.29, 0.717) is 22.8 Å². The van der Waals surface area contributed by atoms with Crippen molar-refractivity contribution in [3.05, 3.63) is 78.5 Å². The number of hydrogen-bond acceptors (Lipinski definition) is 4. The van der Waals surface area contributed by atoms with Gasteiger partial charge in [0, 0.05) is 5.69 Å². The molecule has 5 heteroatoms. The first-order valence-corrected chi connectivity index (χ1v) is 7.49. The van der Waals surface area contributed by atoms with Crippen LogP contribution in [0.25, 0.3) is 0 Å². The number of aromatic nitrogens is 1. The van der Waals surface area contributed by atoms with Crippen molar-refractivity contribution in [3.8, 4) is 5.75 Å². The van der Waals surface area contributed by atoms with Gasteiger partial charge in [0.15, 0.2) is 0 Å². The number of anilines is 3. The number of ether oxygens (including phenoxy) is 1. The monoisotopic (exact) mass is 319 g/mol. The van der Waals surface area contributed by atoms with Gasteiger partial charge in [-0.2, -0.15) is 0 Å². The van der Waals surface area contributed by atoms with E-state index < -0.39 is 0 Å². The van der Waals surface area contributed by atoms with Crippen LogP contribution < -0.4 is 15.4 Å². The van der Waals surface area contributed by atoms with E-state index in [1.165, 1.54) is 7.11 Å². The highest BCUT2D eigenvalue weighted by Gasteiger charge is 2.11. The Kier molecular flexibility index (Phi) is 4.72. The van der Waals surface area contributed by atoms with Crippen molar-refractivity contribution in [1.82, 2.24) is 4.98 Å². The molecule has 0 unspecified atom stereocenters. The number of hydrogen-bond donors (Lipinski definition) is 2. The lowest BCUT2D eigenvalue weighted by Gasteiger charge is -2.10. The summed E-state index contributed by atoms with van der Waals surface area (Å²) < 4.78 is 5.20. The minimum Gasteiger partial charge on any atom is -0.496 e. The van der Waals surface area contributed by atoms with E-state index in [-0.39, 0.29) is 5.91 Å². The van der Waals surface area contributed by atoms with Gasteiger partial charge in [-0.25, -0.2) is 4.98 Å². The lowest BCUT2D eigenvalue weighted by molar-refractivity contribution is 0.102. The van der Waals surface area contributed by atoms with Crippen LogP contribution in [0.15, 0.2) is 72.9 Å². The highest BCUT2D eigenvalue weighted by atomic mass is 16.5. The van der Waals surface area contributed by atoms with Crippen LogP contribution in [0.5, 0.6) is 5.75 Å². The van der Waals surface area contributed by atoms with Gasteiger partial charge in [0.1, 0.15) is 11.6 Å². The summed E-state index contributed by atoms with van der Waals surface area (Å²) in [6.45, 7) is 0. The van der Waals surface area contributed by atoms with Crippen molar-refractivity contribution in [2.45, 2.75) is 0 Å². The Morgan fingerprint density at radius 2 is 1.67 bits per heavy atom. The summed E-state index contributed by atoms with van der Waals surface area (Å²) in [4.78, 5) is 16.6. The zero-order valence-corrected chi connectivity index (χ0v) is 13.2. The van der Waals surface area contributed by atoms with Crippen molar-refractivity contribution in [3.63, 3.8) is 0 Å². The van der Waals surface area contributed by atoms with E-state index in [2.05, 4.69) is 15.6 Å². The molecule has 2 N–H and O–H groups in total. The van der Waals surface area contributed by atoms with Crippen LogP contribution in [0, 0.1) is 0 Å². The number of nitrogens with one attached hydrogen (secondary N) is 2. The average Bonchev–Trinajstić information content (AvgIpc) is 2.64. The van der Waals surface area contributed by atoms with Crippen LogP contribution in [0.3, 0.4) is 0 Å². The molecule has 0 atom stereocenters. The molecule has 0 saturated heterocycles. The Labute approximate surface area is 140 Å². The number of methoxy groups -OCH3 is 1. The van der Waals surface area contributed by atoms with Gasteiger partial charge in [-0.3, -0.25) is 4.79 Å². The van der Waals surface area contributed by atoms with Gasteiger partial charge in [-0.15, -0.1) is 0 Å². The fourth-order valence-electron chi connectivity index (χ4n) is 2.24. The predicted octanol–water partition coefficient (Wildman–Crippen LogP) is 4.09. The molecule has 24 heavy (non-hydrogen) atoms. The van der Waals surface area contributed by atoms with Gasteiger partial charge in [0.2, 0.25) is 0 Å². The molecule has 3 rings (SSSR count). The molecule has 0 aliphatic heterocycles. The molecule has 1 aromatic heterocycles. The van der Waals surface area contributed by atoms with Crippen LogP contribution in [0.1, 0.15) is 10.4 Å². The lowest BCUT2D eigenvalue weighted by atomic mass is 10.2. The lowest BCUT2D eigenvalue weighted by Crippen LogP contribution is -2.13. The molecule has 3 aromatic rings. The van der Waals surface area contributed by atoms with E-state index in [4.69, 9.17) is 4.74 Å². The third-order valence-corrected chi connectivity index (χ3v) is 3.42. The molecule has 0 spiro atoms. The molecule has 5 nitrogen and oxygen atoms in total. The number of para-hydroxylation sites is 2. The van der Waals surface area contributed by atoms with Gasteiger partial charge in [-0.05, 0) is 36.4 Å². The van der Waals surface area contributed by atoms with Crippen molar-refractivity contribution in [2.24, 2.45) is 0 Å². The Hall–Kier alpha value is -3.34. The van der Waals surface area contributed by atoms with E-state index in [9.17, 15) is 4.79 Å². The van der Waals surface area contributed by atoms with E-state index in [1.807, 2.05) is 42.5 Å². The fraction of sp³-hybridized carbons (Fsp3) is 0.0526. The number of benzene rings is 2. The molecule has 0 saturated carbocycles. The first-order chi connectivity index (χ1) is 11.8. The topological polar surface area (TPSA) is 63.2 Å². The highest BCUT2D eigenvalue weighted by molar-refractivity contribution is 6.06. The summed E-state index contributed by atoms with van der Waals surface area (Å²) in [7, 11) is 1.54. The highest BCUT2D eigenvalue weighted by Crippen LogP contribution is 2.20. The smallest absolute Gasteiger partial charge is 0.259 e. The quantitative estimate of drug-likeness (QED) is 0.743. The maximum Gasteiger partial charge on any atom is 0.259 e. The molecule has 0 fully saturated rings. The molecule has 1 amide bonds. The van der Waals surface area contributed by atoms with E-state index in [1.54, 1.807) is 30.5 Å². The Morgan fingerprint density at radius 1 is 0.917 bits per heavy atom. The molecular weight excluding hydrogens is 302 g/mol. The van der Waals surface area contributed by atoms with Gasteiger partial charge in [0.05, 0.1) is 24.6 Å². The second kappa shape index (κ2) is 7.28. The zero-order chi connectivity index (χ0) is 16.8. The Balaban J connectivity index is 1.69. The molecule has 2 aromatic carbocycles. The molecule has 1 heterocycles. The summed E-state index contributed by atoms with van der Waals surface area (Å²) in [5, 5.41) is 6.01. The summed E-state index contributed by atoms with van der Waals surface area (Å²) in [5.74, 6) is 1.000. The Morgan fingerprint density at radius 3 is 2.38 bits per heavy atom. The van der Waals surface area contributed by atoms with Gasteiger partial charge in [0.25, 0.3) is 5.91 Å². The van der Waals surface area contributed by atoms with Crippen LogP contribution >= 0.6 is 0 Å². The number of nitrogens with zero attached hydrogens (tertiary/aromatic N) is 1. The first-order valence-electron chi connectivity index (χ1n) is 7.49. The number of rotatable bonds is 5. The number of amides is 1. The standard InChI is InChI=1S/C19H17N3O2/c1-24-17-10-6-5-9-16(17)19(23)22-15-11-12-18(20-13-15)21-14-7-3-2-4-8-14/h2-13H,1H3,(H,20,21)(H,22,23). The minimum absolute atomic E-state index is 0.238. The first kappa shape index (κ1) is 15.6. The zero-order valence-electron chi connectivity index (χ0n) is 13.2. The van der Waals surface area contributed by atoms with Crippen molar-refractivity contribution >= 4 is 23.1 Å². The largest absolute Gasteiger partial charge is 0.496 e. The second-order valence-corrected chi connectivity index (χ2v) is 5.08. The van der Waals surface area contributed by atoms with Crippen molar-refractivity contribution < 1.29 is 9.53 Å². The molecule has 120 valence electrons. The third-order valence-electron chi connectivity index (χ3n) is 3.42. The molecule has 0 radical (unpaired) electrons. The summed E-state index contributed by atoms with van der Waals surface area (Å²) >= 11 is 0. The molecule has 0 aliphatic carbocycles. The molecule has 0 bridgehead atoms. The summed E-state index contributed by atoms with van der Waals surface area (Å²) in [6, 6.07) is 20.5. The molecular formula is C19H17N3O2. The summed E-state index contributed by atoms with van der Waals surface area (Å²) in [6.07, 6.45) is 1.61. The van der Waals surface area contributed by atoms with Gasteiger partial charge in [-0.1, -0.05) is 30.3 Å². The number of pyridine rings is 1. The van der Waals surface area contributed by atoms with Crippen LogP contribution in [-0.2, 0) is 0 Å². The van der Waals surface area contributed by atoms with Gasteiger partial charge < -0.3 is 15.4 Å². The predicted molar refractivity (Wildman–Crippen MR) is 94.9 cm³/mol. The van der Waals surface area contributed by atoms with Gasteiger partial charge >= 0.3 is 0 Å². The average molecular weight is 319 g/mol. The van der Waals surface area contributed by atoms with Crippen molar-refractivity contribution in [2.75, 3.05) is 17.7 Å².